The summed E-state index contributed by atoms with van der Waals surface area (Å²) in [5, 5.41) is -2.30. The van der Waals surface area contributed by atoms with Crippen LogP contribution < -0.4 is 10.7 Å². The van der Waals surface area contributed by atoms with Crippen LogP contribution in [0, 0.1) is 0 Å². The van der Waals surface area contributed by atoms with Crippen LogP contribution in [0.3, 0.4) is 0 Å². The fourth-order valence-electron chi connectivity index (χ4n) is 0.678. The number of hydrogen-bond donors (Lipinski definition) is 0. The SMILES string of the molecule is FN(F)c1ccc(N(F)F)cc1. The Morgan fingerprint density at radius 1 is 0.667 bits per heavy atom. The monoisotopic (exact) mass is 180 g/mol. The molecule has 0 amide bonds. The quantitative estimate of drug-likeness (QED) is 0.510. The van der Waals surface area contributed by atoms with E-state index in [1.807, 2.05) is 0 Å². The van der Waals surface area contributed by atoms with E-state index in [0.29, 0.717) is 0 Å². The Bertz CT molecular complexity index is 219. The topological polar surface area (TPSA) is 6.48 Å². The van der Waals surface area contributed by atoms with E-state index in [1.165, 1.54) is 0 Å². The van der Waals surface area contributed by atoms with Crippen molar-refractivity contribution in [2.45, 2.75) is 0 Å². The van der Waals surface area contributed by atoms with Crippen LogP contribution in [0.1, 0.15) is 0 Å². The molecule has 1 aromatic carbocycles. The average molecular weight is 180 g/mol. The van der Waals surface area contributed by atoms with Crippen molar-refractivity contribution in [3.05, 3.63) is 24.3 Å². The first-order valence-electron chi connectivity index (χ1n) is 2.94. The molecule has 0 heterocycles. The van der Waals surface area contributed by atoms with Crippen LogP contribution in [-0.4, -0.2) is 0 Å². The molecule has 0 spiro atoms. The van der Waals surface area contributed by atoms with Crippen molar-refractivity contribution < 1.29 is 17.9 Å². The van der Waals surface area contributed by atoms with Crippen LogP contribution in [0.4, 0.5) is 29.3 Å². The molecule has 0 aliphatic rings. The second-order valence-electron chi connectivity index (χ2n) is 1.98. The van der Waals surface area contributed by atoms with E-state index in [0.717, 1.165) is 24.3 Å². The van der Waals surface area contributed by atoms with Crippen LogP contribution in [0.2, 0.25) is 0 Å². The Labute approximate surface area is 65.4 Å². The number of benzene rings is 1. The molecule has 0 atom stereocenters. The highest BCUT2D eigenvalue weighted by molar-refractivity contribution is 5.51. The first-order valence-corrected chi connectivity index (χ1v) is 2.94. The maximum absolute atomic E-state index is 11.7. The van der Waals surface area contributed by atoms with E-state index < -0.39 is 22.1 Å². The molecule has 0 unspecified atom stereocenters. The molecule has 0 bridgehead atoms. The van der Waals surface area contributed by atoms with Crippen molar-refractivity contribution in [3.8, 4) is 0 Å². The molecule has 0 saturated heterocycles. The minimum Gasteiger partial charge on any atom is -0.0666 e. The minimum atomic E-state index is -1.15. The van der Waals surface area contributed by atoms with Crippen molar-refractivity contribution in [1.29, 1.82) is 0 Å². The third-order valence-corrected chi connectivity index (χ3v) is 1.24. The van der Waals surface area contributed by atoms with E-state index in [2.05, 4.69) is 0 Å². The normalized spacial score (nSPS) is 9.67. The van der Waals surface area contributed by atoms with Crippen molar-refractivity contribution in [2.75, 3.05) is 10.7 Å². The summed E-state index contributed by atoms with van der Waals surface area (Å²) < 4.78 is 46.9. The third-order valence-electron chi connectivity index (χ3n) is 1.24. The molecule has 0 N–H and O–H groups in total. The van der Waals surface area contributed by atoms with Gasteiger partial charge in [-0.3, -0.25) is 0 Å². The molecule has 2 nitrogen and oxygen atoms in total. The van der Waals surface area contributed by atoms with Gasteiger partial charge in [0.1, 0.15) is 11.4 Å². The van der Waals surface area contributed by atoms with Crippen molar-refractivity contribution in [3.63, 3.8) is 0 Å². The lowest BCUT2D eigenvalue weighted by Crippen LogP contribution is -1.98. The summed E-state index contributed by atoms with van der Waals surface area (Å²) in [5.41, 5.74) is -0.860. The molecule has 6 heteroatoms. The molecule has 0 aliphatic carbocycles. The van der Waals surface area contributed by atoms with Crippen molar-refractivity contribution >= 4 is 11.4 Å². The van der Waals surface area contributed by atoms with Gasteiger partial charge in [0, 0.05) is 0 Å². The fraction of sp³-hybridized carbons (Fsp3) is 0. The molecule has 0 aliphatic heterocycles. The summed E-state index contributed by atoms with van der Waals surface area (Å²) >= 11 is 0. The molecule has 0 saturated carbocycles. The smallest absolute Gasteiger partial charge is 0.0666 e. The van der Waals surface area contributed by atoms with Gasteiger partial charge in [0.2, 0.25) is 0 Å². The van der Waals surface area contributed by atoms with Gasteiger partial charge in [0.15, 0.2) is 0 Å². The molecule has 66 valence electrons. The first kappa shape index (κ1) is 8.63. The van der Waals surface area contributed by atoms with Gasteiger partial charge >= 0.3 is 0 Å². The van der Waals surface area contributed by atoms with Gasteiger partial charge in [-0.2, -0.15) is 0 Å². The number of rotatable bonds is 2. The van der Waals surface area contributed by atoms with Crippen LogP contribution in [-0.2, 0) is 0 Å². The number of halogens is 4. The van der Waals surface area contributed by atoms with E-state index in [4.69, 9.17) is 0 Å². The summed E-state index contributed by atoms with van der Waals surface area (Å²) in [6, 6.07) is 3.56. The Hall–Kier alpha value is -1.46. The predicted octanol–water partition coefficient (Wildman–Crippen LogP) is 2.84. The highest BCUT2D eigenvalue weighted by atomic mass is 19.4. The first-order chi connectivity index (χ1) is 5.61. The van der Waals surface area contributed by atoms with Gasteiger partial charge in [0.25, 0.3) is 0 Å². The molecule has 1 aromatic rings. The molecule has 0 radical (unpaired) electrons. The number of hydrogen-bond acceptors (Lipinski definition) is 2. The second kappa shape index (κ2) is 3.29. The van der Waals surface area contributed by atoms with Crippen LogP contribution in [0.15, 0.2) is 24.3 Å². The molecule has 0 aromatic heterocycles. The third kappa shape index (κ3) is 1.77. The van der Waals surface area contributed by atoms with E-state index in [-0.39, 0.29) is 0 Å². The Kier molecular flexibility index (Phi) is 2.37. The van der Waals surface area contributed by atoms with Gasteiger partial charge in [0.05, 0.1) is 0 Å². The van der Waals surface area contributed by atoms with Crippen molar-refractivity contribution in [1.82, 2.24) is 0 Å². The average Bonchev–Trinajstić information content (AvgIpc) is 2.04. The number of nitrogens with zero attached hydrogens (tertiary/aromatic N) is 2. The lowest BCUT2D eigenvalue weighted by Gasteiger charge is -2.03. The molecular formula is C6H4F4N2. The Morgan fingerprint density at radius 2 is 0.917 bits per heavy atom. The van der Waals surface area contributed by atoms with Crippen molar-refractivity contribution in [2.24, 2.45) is 0 Å². The molecular weight excluding hydrogens is 176 g/mol. The maximum atomic E-state index is 11.7. The molecule has 0 fully saturated rings. The largest absolute Gasteiger partial charge is 0.105 e. The van der Waals surface area contributed by atoms with Gasteiger partial charge in [-0.1, -0.05) is 17.9 Å². The fourth-order valence-corrected chi connectivity index (χ4v) is 0.678. The van der Waals surface area contributed by atoms with Gasteiger partial charge < -0.3 is 0 Å². The minimum absolute atomic E-state index is 0.430. The summed E-state index contributed by atoms with van der Waals surface area (Å²) in [4.78, 5) is 0. The Morgan fingerprint density at radius 3 is 1.08 bits per heavy atom. The lowest BCUT2D eigenvalue weighted by molar-refractivity contribution is 0.232. The Balaban J connectivity index is 2.86. The summed E-state index contributed by atoms with van der Waals surface area (Å²) in [6.07, 6.45) is 0. The highest BCUT2D eigenvalue weighted by Crippen LogP contribution is 2.21. The lowest BCUT2D eigenvalue weighted by atomic mass is 10.3. The standard InChI is InChI=1S/C6H4F4N2/c7-11(8)5-1-2-6(4-3-5)12(9)10/h1-4H. The molecule has 12 heavy (non-hydrogen) atoms. The number of anilines is 2. The zero-order valence-corrected chi connectivity index (χ0v) is 5.72. The maximum Gasteiger partial charge on any atom is 0.105 e. The highest BCUT2D eigenvalue weighted by Gasteiger charge is 2.05. The predicted molar refractivity (Wildman–Crippen MR) is 35.8 cm³/mol. The van der Waals surface area contributed by atoms with Crippen LogP contribution >= 0.6 is 0 Å². The van der Waals surface area contributed by atoms with E-state index >= 15 is 0 Å². The van der Waals surface area contributed by atoms with E-state index in [1.54, 1.807) is 0 Å². The van der Waals surface area contributed by atoms with Gasteiger partial charge in [-0.05, 0) is 35.0 Å². The zero-order chi connectivity index (χ0) is 9.14. The van der Waals surface area contributed by atoms with Crippen LogP contribution in [0.5, 0.6) is 0 Å². The summed E-state index contributed by atoms with van der Waals surface area (Å²) in [6.45, 7) is 0. The summed E-state index contributed by atoms with van der Waals surface area (Å²) in [5.74, 6) is 0. The van der Waals surface area contributed by atoms with Crippen LogP contribution in [0.25, 0.3) is 0 Å². The van der Waals surface area contributed by atoms with Gasteiger partial charge in [-0.25, -0.2) is 0 Å². The summed E-state index contributed by atoms with van der Waals surface area (Å²) in [7, 11) is 0. The zero-order valence-electron chi connectivity index (χ0n) is 5.72. The van der Waals surface area contributed by atoms with Gasteiger partial charge in [-0.15, -0.1) is 0 Å². The molecule has 1 rings (SSSR count). The second-order valence-corrected chi connectivity index (χ2v) is 1.98. The van der Waals surface area contributed by atoms with E-state index in [9.17, 15) is 17.9 Å².